The molecular weight excluding hydrogens is 342 g/mol. The first-order valence-electron chi connectivity index (χ1n) is 7.44. The summed E-state index contributed by atoms with van der Waals surface area (Å²) >= 11 is 0. The lowest BCUT2D eigenvalue weighted by Gasteiger charge is -2.15. The van der Waals surface area contributed by atoms with Crippen LogP contribution >= 0.6 is 0 Å². The van der Waals surface area contributed by atoms with Gasteiger partial charge in [0, 0.05) is 5.56 Å². The lowest BCUT2D eigenvalue weighted by molar-refractivity contribution is -0.138. The van der Waals surface area contributed by atoms with Crippen LogP contribution in [-0.4, -0.2) is 31.4 Å². The van der Waals surface area contributed by atoms with Gasteiger partial charge in [-0.3, -0.25) is 10.2 Å². The Balaban J connectivity index is 2.19. The van der Waals surface area contributed by atoms with E-state index in [1.54, 1.807) is 36.4 Å². The molecule has 8 heteroatoms. The Hall–Kier alpha value is -2.71. The van der Waals surface area contributed by atoms with Gasteiger partial charge in [-0.2, -0.15) is 4.72 Å². The van der Waals surface area contributed by atoms with E-state index in [1.807, 2.05) is 6.92 Å². The van der Waals surface area contributed by atoms with Crippen molar-refractivity contribution < 1.29 is 18.3 Å². The number of amidine groups is 1. The number of nitrogens with two attached hydrogens (primary N) is 1. The molecule has 0 aromatic heterocycles. The number of carboxylic acid groups (broad SMARTS) is 1. The SMILES string of the molecule is Cc1ccc(S(=O)(=O)N[C@@H](Cc2ccc(C(=N)N)cc2)C(=O)O)cc1. The van der Waals surface area contributed by atoms with Crippen molar-refractivity contribution in [1.29, 1.82) is 5.41 Å². The maximum absolute atomic E-state index is 12.4. The molecule has 0 bridgehead atoms. The van der Waals surface area contributed by atoms with E-state index >= 15 is 0 Å². The molecule has 0 amide bonds. The molecule has 0 aliphatic carbocycles. The minimum atomic E-state index is -3.95. The van der Waals surface area contributed by atoms with Gasteiger partial charge < -0.3 is 10.8 Å². The fourth-order valence-electron chi connectivity index (χ4n) is 2.21. The van der Waals surface area contributed by atoms with Crippen LogP contribution in [0.5, 0.6) is 0 Å². The van der Waals surface area contributed by atoms with Crippen molar-refractivity contribution in [3.8, 4) is 0 Å². The molecule has 0 aliphatic rings. The molecule has 2 aromatic rings. The molecule has 1 atom stereocenters. The van der Waals surface area contributed by atoms with Gasteiger partial charge in [0.2, 0.25) is 10.0 Å². The average Bonchev–Trinajstić information content (AvgIpc) is 2.55. The monoisotopic (exact) mass is 361 g/mol. The number of hydrogen-bond acceptors (Lipinski definition) is 4. The van der Waals surface area contributed by atoms with Crippen molar-refractivity contribution in [3.63, 3.8) is 0 Å². The Bertz CT molecular complexity index is 875. The lowest BCUT2D eigenvalue weighted by Crippen LogP contribution is -2.42. The highest BCUT2D eigenvalue weighted by Gasteiger charge is 2.25. The first-order valence-corrected chi connectivity index (χ1v) is 8.92. The molecule has 0 aliphatic heterocycles. The van der Waals surface area contributed by atoms with E-state index in [0.717, 1.165) is 5.56 Å². The van der Waals surface area contributed by atoms with Crippen LogP contribution in [0.3, 0.4) is 0 Å². The fourth-order valence-corrected chi connectivity index (χ4v) is 3.40. The largest absolute Gasteiger partial charge is 0.480 e. The van der Waals surface area contributed by atoms with Gasteiger partial charge in [0.25, 0.3) is 0 Å². The van der Waals surface area contributed by atoms with Crippen LogP contribution in [-0.2, 0) is 21.2 Å². The summed E-state index contributed by atoms with van der Waals surface area (Å²) in [6.45, 7) is 1.83. The summed E-state index contributed by atoms with van der Waals surface area (Å²) in [4.78, 5) is 11.5. The Morgan fingerprint density at radius 1 is 1.16 bits per heavy atom. The molecule has 0 saturated heterocycles. The second-order valence-corrected chi connectivity index (χ2v) is 7.35. The van der Waals surface area contributed by atoms with Gasteiger partial charge in [0.05, 0.1) is 4.90 Å². The van der Waals surface area contributed by atoms with Crippen LogP contribution in [0.15, 0.2) is 53.4 Å². The normalized spacial score (nSPS) is 12.5. The van der Waals surface area contributed by atoms with Crippen LogP contribution < -0.4 is 10.5 Å². The highest BCUT2D eigenvalue weighted by Crippen LogP contribution is 2.13. The van der Waals surface area contributed by atoms with E-state index < -0.39 is 22.0 Å². The van der Waals surface area contributed by atoms with Crippen LogP contribution in [0.2, 0.25) is 0 Å². The van der Waals surface area contributed by atoms with Crippen molar-refractivity contribution in [2.24, 2.45) is 5.73 Å². The quantitative estimate of drug-likeness (QED) is 0.435. The number of aryl methyl sites for hydroxylation is 1. The molecule has 25 heavy (non-hydrogen) atoms. The minimum absolute atomic E-state index is 0.0104. The van der Waals surface area contributed by atoms with E-state index in [9.17, 15) is 18.3 Å². The number of sulfonamides is 1. The summed E-state index contributed by atoms with van der Waals surface area (Å²) in [6, 6.07) is 11.2. The summed E-state index contributed by atoms with van der Waals surface area (Å²) in [5, 5.41) is 16.7. The predicted molar refractivity (Wildman–Crippen MR) is 94.1 cm³/mol. The number of rotatable bonds is 7. The molecule has 0 radical (unpaired) electrons. The van der Waals surface area contributed by atoms with E-state index in [1.165, 1.54) is 12.1 Å². The number of nitrogen functional groups attached to an aromatic ring is 1. The number of nitrogens with one attached hydrogen (secondary N) is 2. The van der Waals surface area contributed by atoms with E-state index in [0.29, 0.717) is 11.1 Å². The number of aliphatic carboxylic acids is 1. The highest BCUT2D eigenvalue weighted by atomic mass is 32.2. The molecule has 2 rings (SSSR count). The molecule has 2 aromatic carbocycles. The van der Waals surface area contributed by atoms with E-state index in [2.05, 4.69) is 4.72 Å². The van der Waals surface area contributed by atoms with Gasteiger partial charge in [0.1, 0.15) is 11.9 Å². The number of carboxylic acids is 1. The minimum Gasteiger partial charge on any atom is -0.480 e. The first kappa shape index (κ1) is 18.6. The van der Waals surface area contributed by atoms with Gasteiger partial charge in [-0.05, 0) is 31.0 Å². The lowest BCUT2D eigenvalue weighted by atomic mass is 10.0. The summed E-state index contributed by atoms with van der Waals surface area (Å²) in [5.41, 5.74) is 7.40. The van der Waals surface area contributed by atoms with Crippen LogP contribution in [0.25, 0.3) is 0 Å². The predicted octanol–water partition coefficient (Wildman–Crippen LogP) is 1.25. The fraction of sp³-hybridized carbons (Fsp3) is 0.176. The second kappa shape index (κ2) is 7.45. The van der Waals surface area contributed by atoms with Gasteiger partial charge in [-0.25, -0.2) is 8.42 Å². The topological polar surface area (TPSA) is 133 Å². The molecule has 0 fully saturated rings. The third-order valence-electron chi connectivity index (χ3n) is 3.63. The van der Waals surface area contributed by atoms with Gasteiger partial charge in [-0.1, -0.05) is 42.0 Å². The van der Waals surface area contributed by atoms with E-state index in [4.69, 9.17) is 11.1 Å². The van der Waals surface area contributed by atoms with Gasteiger partial charge in [0.15, 0.2) is 0 Å². The average molecular weight is 361 g/mol. The zero-order valence-electron chi connectivity index (χ0n) is 13.6. The molecule has 0 spiro atoms. The van der Waals surface area contributed by atoms with Crippen LogP contribution in [0.4, 0.5) is 0 Å². The first-order chi connectivity index (χ1) is 11.7. The summed E-state index contributed by atoms with van der Waals surface area (Å²) in [5.74, 6) is -1.37. The molecule has 0 unspecified atom stereocenters. The third kappa shape index (κ3) is 4.88. The number of benzene rings is 2. The molecule has 5 N–H and O–H groups in total. The summed E-state index contributed by atoms with van der Waals surface area (Å²) < 4.78 is 27.0. The van der Waals surface area contributed by atoms with Crippen molar-refractivity contribution >= 4 is 21.8 Å². The summed E-state index contributed by atoms with van der Waals surface area (Å²) in [6.07, 6.45) is -0.0292. The van der Waals surface area contributed by atoms with Crippen molar-refractivity contribution in [2.45, 2.75) is 24.3 Å². The Morgan fingerprint density at radius 3 is 2.20 bits per heavy atom. The number of hydrogen-bond donors (Lipinski definition) is 4. The zero-order chi connectivity index (χ0) is 18.6. The van der Waals surface area contributed by atoms with Crippen molar-refractivity contribution in [1.82, 2.24) is 4.72 Å². The maximum Gasteiger partial charge on any atom is 0.322 e. The Kier molecular flexibility index (Phi) is 5.55. The zero-order valence-corrected chi connectivity index (χ0v) is 14.4. The van der Waals surface area contributed by atoms with Crippen LogP contribution in [0.1, 0.15) is 16.7 Å². The van der Waals surface area contributed by atoms with Gasteiger partial charge >= 0.3 is 5.97 Å². The Morgan fingerprint density at radius 2 is 1.72 bits per heavy atom. The number of carbonyl (C=O) groups is 1. The smallest absolute Gasteiger partial charge is 0.322 e. The molecule has 132 valence electrons. The van der Waals surface area contributed by atoms with Gasteiger partial charge in [-0.15, -0.1) is 0 Å². The maximum atomic E-state index is 12.4. The molecule has 7 nitrogen and oxygen atoms in total. The second-order valence-electron chi connectivity index (χ2n) is 5.64. The highest BCUT2D eigenvalue weighted by molar-refractivity contribution is 7.89. The summed E-state index contributed by atoms with van der Waals surface area (Å²) in [7, 11) is -3.95. The van der Waals surface area contributed by atoms with Crippen molar-refractivity contribution in [2.75, 3.05) is 0 Å². The van der Waals surface area contributed by atoms with Crippen LogP contribution in [0, 0.1) is 12.3 Å². The third-order valence-corrected chi connectivity index (χ3v) is 5.12. The molecular formula is C17H19N3O4S. The molecule has 0 heterocycles. The van der Waals surface area contributed by atoms with Crippen molar-refractivity contribution in [3.05, 3.63) is 65.2 Å². The standard InChI is InChI=1S/C17H19N3O4S/c1-11-2-8-14(9-3-11)25(23,24)20-15(17(21)22)10-12-4-6-13(7-5-12)16(18)19/h2-9,15,20H,10H2,1H3,(H3,18,19)(H,21,22)/t15-/m0/s1. The van der Waals surface area contributed by atoms with E-state index in [-0.39, 0.29) is 17.2 Å². The molecule has 0 saturated carbocycles. The Labute approximate surface area is 146 Å².